The monoisotopic (exact) mass is 279 g/mol. The van der Waals surface area contributed by atoms with Gasteiger partial charge >= 0.3 is 0 Å². The Morgan fingerprint density at radius 1 is 1.56 bits per heavy atom. The van der Waals surface area contributed by atoms with Crippen LogP contribution in [0.4, 0.5) is 0 Å². The number of fused-ring (bicyclic) bond motifs is 1. The Morgan fingerprint density at radius 3 is 3.11 bits per heavy atom. The average Bonchev–Trinajstić information content (AvgIpc) is 2.65. The van der Waals surface area contributed by atoms with Crippen LogP contribution < -0.4 is 15.7 Å². The molecule has 2 rings (SSSR count). The van der Waals surface area contributed by atoms with Crippen molar-refractivity contribution in [2.24, 2.45) is 10.8 Å². The number of aryl methyl sites for hydroxylation is 2. The third-order valence-corrected chi connectivity index (χ3v) is 3.71. The van der Waals surface area contributed by atoms with Gasteiger partial charge in [0, 0.05) is 25.6 Å². The summed E-state index contributed by atoms with van der Waals surface area (Å²) in [5.74, 6) is 0. The van der Waals surface area contributed by atoms with Crippen molar-refractivity contribution in [1.82, 2.24) is 5.43 Å². The molecule has 18 heavy (non-hydrogen) atoms. The lowest BCUT2D eigenvalue weighted by atomic mass is 10.3. The minimum atomic E-state index is 0.191. The number of para-hydroxylation sites is 1. The van der Waals surface area contributed by atoms with Gasteiger partial charge in [-0.3, -0.25) is 5.43 Å². The average molecular weight is 279 g/mol. The number of nitrogens with one attached hydrogen (secondary N) is 1. The van der Waals surface area contributed by atoms with Gasteiger partial charge in [-0.15, -0.1) is 0 Å². The molecule has 1 aromatic heterocycles. The SMILES string of the molecule is Cc1sc2ccccc2[n+]1CCC=NNC(N)=S. The molecule has 0 aliphatic heterocycles. The van der Waals surface area contributed by atoms with E-state index in [2.05, 4.69) is 58.5 Å². The summed E-state index contributed by atoms with van der Waals surface area (Å²) < 4.78 is 3.61. The summed E-state index contributed by atoms with van der Waals surface area (Å²) in [6, 6.07) is 8.42. The Hall–Kier alpha value is -1.53. The largest absolute Gasteiger partial charge is 0.375 e. The first-order chi connectivity index (χ1) is 8.68. The predicted molar refractivity (Wildman–Crippen MR) is 79.8 cm³/mol. The van der Waals surface area contributed by atoms with Gasteiger partial charge < -0.3 is 5.73 Å². The van der Waals surface area contributed by atoms with Crippen molar-refractivity contribution in [2.45, 2.75) is 19.9 Å². The third-order valence-electron chi connectivity index (χ3n) is 2.54. The quantitative estimate of drug-likeness (QED) is 0.388. The Morgan fingerprint density at radius 2 is 2.33 bits per heavy atom. The number of aromatic nitrogens is 1. The van der Waals surface area contributed by atoms with Crippen LogP contribution in [0.5, 0.6) is 0 Å². The van der Waals surface area contributed by atoms with Crippen molar-refractivity contribution in [3.63, 3.8) is 0 Å². The smallest absolute Gasteiger partial charge is 0.235 e. The molecular formula is C12H15N4S2+. The molecule has 0 fully saturated rings. The molecule has 0 saturated heterocycles. The summed E-state index contributed by atoms with van der Waals surface area (Å²) in [5.41, 5.74) is 9.09. The van der Waals surface area contributed by atoms with Crippen molar-refractivity contribution >= 4 is 45.1 Å². The molecule has 0 bridgehead atoms. The van der Waals surface area contributed by atoms with Crippen molar-refractivity contribution in [1.29, 1.82) is 0 Å². The van der Waals surface area contributed by atoms with E-state index in [0.717, 1.165) is 13.0 Å². The molecule has 1 aromatic carbocycles. The van der Waals surface area contributed by atoms with E-state index >= 15 is 0 Å². The highest BCUT2D eigenvalue weighted by Gasteiger charge is 2.15. The number of benzene rings is 1. The zero-order chi connectivity index (χ0) is 13.0. The topological polar surface area (TPSA) is 54.3 Å². The summed E-state index contributed by atoms with van der Waals surface area (Å²) >= 11 is 6.47. The number of nitrogens with two attached hydrogens (primary N) is 1. The molecule has 1 heterocycles. The number of nitrogens with zero attached hydrogens (tertiary/aromatic N) is 2. The molecule has 0 aliphatic carbocycles. The second-order valence-electron chi connectivity index (χ2n) is 3.82. The number of rotatable bonds is 4. The molecule has 0 aliphatic rings. The second-order valence-corrected chi connectivity index (χ2v) is 5.49. The highest BCUT2D eigenvalue weighted by molar-refractivity contribution is 7.80. The van der Waals surface area contributed by atoms with Crippen LogP contribution in [-0.4, -0.2) is 11.3 Å². The molecule has 0 atom stereocenters. The maximum atomic E-state index is 5.27. The van der Waals surface area contributed by atoms with Crippen LogP contribution in [0, 0.1) is 6.92 Å². The van der Waals surface area contributed by atoms with Crippen LogP contribution in [0.3, 0.4) is 0 Å². The fourth-order valence-corrected chi connectivity index (χ4v) is 2.89. The number of thiazole rings is 1. The Kier molecular flexibility index (Phi) is 4.22. The van der Waals surface area contributed by atoms with Crippen LogP contribution in [0.1, 0.15) is 11.4 Å². The number of thiocarbonyl (C=S) groups is 1. The first-order valence-corrected chi connectivity index (χ1v) is 6.86. The summed E-state index contributed by atoms with van der Waals surface area (Å²) in [6.45, 7) is 3.04. The van der Waals surface area contributed by atoms with Gasteiger partial charge in [-0.1, -0.05) is 23.5 Å². The molecule has 0 spiro atoms. The Bertz CT molecular complexity index is 589. The van der Waals surface area contributed by atoms with Gasteiger partial charge in [-0.2, -0.15) is 9.67 Å². The standard InChI is InChI=1S/C12H14N4S2/c1-9-16(8-4-7-14-15-12(13)17)10-5-2-3-6-11(10)18-9/h2-3,5-7H,4,8H2,1H3,(H2-,13,15,17)/p+1. The summed E-state index contributed by atoms with van der Waals surface area (Å²) in [4.78, 5) is 0. The van der Waals surface area contributed by atoms with Crippen LogP contribution in [0.25, 0.3) is 10.2 Å². The maximum Gasteiger partial charge on any atom is 0.235 e. The minimum absolute atomic E-state index is 0.191. The predicted octanol–water partition coefficient (Wildman–Crippen LogP) is 1.71. The van der Waals surface area contributed by atoms with Crippen LogP contribution in [0.2, 0.25) is 0 Å². The van der Waals surface area contributed by atoms with E-state index < -0.39 is 0 Å². The molecule has 2 aromatic rings. The summed E-state index contributed by atoms with van der Waals surface area (Å²) in [6.07, 6.45) is 2.62. The molecule has 4 nitrogen and oxygen atoms in total. The highest BCUT2D eigenvalue weighted by Crippen LogP contribution is 2.19. The third kappa shape index (κ3) is 3.02. The number of hydrogen-bond donors (Lipinski definition) is 2. The summed E-state index contributed by atoms with van der Waals surface area (Å²) in [5, 5.41) is 5.42. The van der Waals surface area contributed by atoms with Crippen molar-refractivity contribution in [3.8, 4) is 0 Å². The number of hydrazone groups is 1. The normalized spacial score (nSPS) is 11.2. The first kappa shape index (κ1) is 12.9. The number of hydrogen-bond acceptors (Lipinski definition) is 3. The molecule has 0 radical (unpaired) electrons. The van der Waals surface area contributed by atoms with Gasteiger partial charge in [0.25, 0.3) is 0 Å². The molecule has 0 saturated carbocycles. The van der Waals surface area contributed by atoms with Gasteiger partial charge in [0.05, 0.1) is 0 Å². The van der Waals surface area contributed by atoms with Gasteiger partial charge in [0.2, 0.25) is 10.5 Å². The lowest BCUT2D eigenvalue weighted by Gasteiger charge is -1.95. The highest BCUT2D eigenvalue weighted by atomic mass is 32.1. The van der Waals surface area contributed by atoms with Gasteiger partial charge in [-0.25, -0.2) is 0 Å². The summed E-state index contributed by atoms with van der Waals surface area (Å²) in [7, 11) is 0. The lowest BCUT2D eigenvalue weighted by molar-refractivity contribution is -0.671. The second kappa shape index (κ2) is 5.88. The van der Waals surface area contributed by atoms with E-state index in [0.29, 0.717) is 0 Å². The lowest BCUT2D eigenvalue weighted by Crippen LogP contribution is -2.35. The van der Waals surface area contributed by atoms with Crippen LogP contribution in [0.15, 0.2) is 29.4 Å². The molecule has 94 valence electrons. The van der Waals surface area contributed by atoms with E-state index in [1.54, 1.807) is 6.21 Å². The van der Waals surface area contributed by atoms with Crippen molar-refractivity contribution in [3.05, 3.63) is 29.3 Å². The zero-order valence-electron chi connectivity index (χ0n) is 10.1. The molecule has 0 unspecified atom stereocenters. The van der Waals surface area contributed by atoms with Gasteiger partial charge in [0.1, 0.15) is 4.70 Å². The Balaban J connectivity index is 2.05. The minimum Gasteiger partial charge on any atom is -0.375 e. The first-order valence-electron chi connectivity index (χ1n) is 5.63. The van der Waals surface area contributed by atoms with Gasteiger partial charge in [0.15, 0.2) is 11.7 Å². The van der Waals surface area contributed by atoms with E-state index in [1.807, 2.05) is 11.3 Å². The fraction of sp³-hybridized carbons (Fsp3) is 0.250. The zero-order valence-corrected chi connectivity index (χ0v) is 11.7. The van der Waals surface area contributed by atoms with Crippen LogP contribution >= 0.6 is 23.6 Å². The van der Waals surface area contributed by atoms with Crippen molar-refractivity contribution < 1.29 is 4.57 Å². The van der Waals surface area contributed by atoms with Gasteiger partial charge in [-0.05, 0) is 18.3 Å². The van der Waals surface area contributed by atoms with Crippen LogP contribution in [-0.2, 0) is 6.54 Å². The molecule has 0 amide bonds. The fourth-order valence-electron chi connectivity index (χ4n) is 1.79. The molecule has 6 heteroatoms. The molecule has 3 N–H and O–H groups in total. The van der Waals surface area contributed by atoms with E-state index in [1.165, 1.54) is 15.2 Å². The Labute approximate surface area is 115 Å². The van der Waals surface area contributed by atoms with Crippen molar-refractivity contribution in [2.75, 3.05) is 0 Å². The molecular weight excluding hydrogens is 264 g/mol. The van der Waals surface area contributed by atoms with E-state index in [-0.39, 0.29) is 5.11 Å². The van der Waals surface area contributed by atoms with E-state index in [9.17, 15) is 0 Å². The van der Waals surface area contributed by atoms with E-state index in [4.69, 9.17) is 5.73 Å². The maximum absolute atomic E-state index is 5.27.